The molecule has 0 aliphatic heterocycles. The van der Waals surface area contributed by atoms with Crippen LogP contribution in [0.2, 0.25) is 0 Å². The van der Waals surface area contributed by atoms with Crippen LogP contribution in [-0.4, -0.2) is 14.5 Å². The van der Waals surface area contributed by atoms with E-state index in [1.165, 1.54) is 12.1 Å². The number of sulfonamides is 1. The Morgan fingerprint density at radius 1 is 1.25 bits per heavy atom. The van der Waals surface area contributed by atoms with Crippen molar-refractivity contribution in [1.29, 1.82) is 0 Å². The minimum atomic E-state index is -3.60. The van der Waals surface area contributed by atoms with Gasteiger partial charge in [-0.15, -0.1) is 0 Å². The third-order valence-corrected chi connectivity index (χ3v) is 3.78. The van der Waals surface area contributed by atoms with Crippen LogP contribution in [0.5, 0.6) is 0 Å². The molecule has 0 heterocycles. The molecule has 1 rings (SSSR count). The highest BCUT2D eigenvalue weighted by Gasteiger charge is 2.14. The monoisotopic (exact) mass is 242 g/mol. The molecular formula is C11H18N2O2S. The van der Waals surface area contributed by atoms with Crippen molar-refractivity contribution in [2.24, 2.45) is 10.9 Å². The van der Waals surface area contributed by atoms with Gasteiger partial charge in [-0.1, -0.05) is 26.0 Å². The second kappa shape index (κ2) is 4.95. The van der Waals surface area contributed by atoms with Gasteiger partial charge in [0.1, 0.15) is 0 Å². The second-order valence-electron chi connectivity index (χ2n) is 3.97. The summed E-state index contributed by atoms with van der Waals surface area (Å²) in [5.41, 5.74) is 6.96. The molecule has 0 aliphatic rings. The van der Waals surface area contributed by atoms with E-state index < -0.39 is 10.0 Å². The van der Waals surface area contributed by atoms with Gasteiger partial charge in [0.2, 0.25) is 10.0 Å². The van der Waals surface area contributed by atoms with E-state index in [0.717, 1.165) is 12.0 Å². The molecular weight excluding hydrogens is 224 g/mol. The number of benzene rings is 1. The molecule has 90 valence electrons. The maximum absolute atomic E-state index is 11.1. The van der Waals surface area contributed by atoms with Gasteiger partial charge >= 0.3 is 0 Å². The minimum Gasteiger partial charge on any atom is -0.327 e. The van der Waals surface area contributed by atoms with Crippen molar-refractivity contribution in [3.63, 3.8) is 0 Å². The van der Waals surface area contributed by atoms with Crippen molar-refractivity contribution in [3.05, 3.63) is 29.8 Å². The van der Waals surface area contributed by atoms with Crippen molar-refractivity contribution < 1.29 is 8.42 Å². The smallest absolute Gasteiger partial charge is 0.238 e. The van der Waals surface area contributed by atoms with Gasteiger partial charge in [0, 0.05) is 6.04 Å². The van der Waals surface area contributed by atoms with Gasteiger partial charge in [-0.3, -0.25) is 0 Å². The van der Waals surface area contributed by atoms with Crippen LogP contribution in [-0.2, 0) is 10.0 Å². The summed E-state index contributed by atoms with van der Waals surface area (Å²) in [6.45, 7) is 4.06. The van der Waals surface area contributed by atoms with E-state index >= 15 is 0 Å². The Kier molecular flexibility index (Phi) is 4.07. The van der Waals surface area contributed by atoms with Crippen molar-refractivity contribution in [1.82, 2.24) is 0 Å². The first kappa shape index (κ1) is 13.2. The van der Waals surface area contributed by atoms with Crippen LogP contribution < -0.4 is 10.9 Å². The molecule has 0 saturated heterocycles. The zero-order valence-electron chi connectivity index (χ0n) is 9.55. The summed E-state index contributed by atoms with van der Waals surface area (Å²) in [6.07, 6.45) is 0.887. The fourth-order valence-electron chi connectivity index (χ4n) is 1.56. The lowest BCUT2D eigenvalue weighted by Crippen LogP contribution is -2.25. The molecule has 0 bridgehead atoms. The molecule has 0 amide bonds. The van der Waals surface area contributed by atoms with Gasteiger partial charge in [-0.25, -0.2) is 13.6 Å². The predicted octanol–water partition coefficient (Wildman–Crippen LogP) is 1.17. The zero-order valence-corrected chi connectivity index (χ0v) is 10.4. The molecule has 0 radical (unpaired) electrons. The fourth-order valence-corrected chi connectivity index (χ4v) is 2.08. The van der Waals surface area contributed by atoms with Crippen LogP contribution in [0.25, 0.3) is 0 Å². The standard InChI is InChI=1S/C11H18N2O2S/c1-3-11(12)8(2)9-4-6-10(7-5-9)16(13,14)15/h4-8,11H,3,12H2,1-2H3,(H2,13,14,15). The van der Waals surface area contributed by atoms with Crippen LogP contribution in [0.1, 0.15) is 31.7 Å². The molecule has 0 saturated carbocycles. The van der Waals surface area contributed by atoms with Gasteiger partial charge in [0.25, 0.3) is 0 Å². The average molecular weight is 242 g/mol. The third-order valence-electron chi connectivity index (χ3n) is 2.85. The Morgan fingerprint density at radius 3 is 2.12 bits per heavy atom. The summed E-state index contributed by atoms with van der Waals surface area (Å²) in [5, 5.41) is 5.02. The van der Waals surface area contributed by atoms with E-state index in [-0.39, 0.29) is 16.9 Å². The first-order valence-corrected chi connectivity index (χ1v) is 6.79. The Labute approximate surface area is 96.7 Å². The summed E-state index contributed by atoms with van der Waals surface area (Å²) in [4.78, 5) is 0.133. The maximum Gasteiger partial charge on any atom is 0.238 e. The molecule has 0 spiro atoms. The van der Waals surface area contributed by atoms with E-state index in [1.807, 2.05) is 13.8 Å². The largest absolute Gasteiger partial charge is 0.327 e. The van der Waals surface area contributed by atoms with E-state index in [9.17, 15) is 8.42 Å². The first-order valence-electron chi connectivity index (χ1n) is 5.24. The van der Waals surface area contributed by atoms with Crippen molar-refractivity contribution in [3.8, 4) is 0 Å². The molecule has 4 N–H and O–H groups in total. The first-order chi connectivity index (χ1) is 7.36. The molecule has 1 aromatic rings. The summed E-state index contributed by atoms with van der Waals surface area (Å²) in [5.74, 6) is 0.208. The molecule has 1 aromatic carbocycles. The average Bonchev–Trinajstić information content (AvgIpc) is 2.26. The summed E-state index contributed by atoms with van der Waals surface area (Å²) < 4.78 is 22.1. The summed E-state index contributed by atoms with van der Waals surface area (Å²) in [7, 11) is -3.60. The Morgan fingerprint density at radius 2 is 1.75 bits per heavy atom. The van der Waals surface area contributed by atoms with Crippen LogP contribution in [0.3, 0.4) is 0 Å². The van der Waals surface area contributed by atoms with Crippen LogP contribution in [0.4, 0.5) is 0 Å². The molecule has 2 unspecified atom stereocenters. The lowest BCUT2D eigenvalue weighted by atomic mass is 9.92. The lowest BCUT2D eigenvalue weighted by molar-refractivity contribution is 0.551. The van der Waals surface area contributed by atoms with Gasteiger partial charge < -0.3 is 5.73 Å². The van der Waals surface area contributed by atoms with Crippen LogP contribution in [0.15, 0.2) is 29.2 Å². The molecule has 5 heteroatoms. The number of nitrogens with two attached hydrogens (primary N) is 2. The number of hydrogen-bond donors (Lipinski definition) is 2. The SMILES string of the molecule is CCC(N)C(C)c1ccc(S(N)(=O)=O)cc1. The van der Waals surface area contributed by atoms with Crippen molar-refractivity contribution in [2.45, 2.75) is 37.1 Å². The molecule has 4 nitrogen and oxygen atoms in total. The van der Waals surface area contributed by atoms with E-state index in [4.69, 9.17) is 10.9 Å². The number of primary sulfonamides is 1. The van der Waals surface area contributed by atoms with Crippen molar-refractivity contribution in [2.75, 3.05) is 0 Å². The summed E-state index contributed by atoms with van der Waals surface area (Å²) in [6, 6.07) is 6.65. The highest BCUT2D eigenvalue weighted by Crippen LogP contribution is 2.21. The van der Waals surface area contributed by atoms with Crippen molar-refractivity contribution >= 4 is 10.0 Å². The maximum atomic E-state index is 11.1. The van der Waals surface area contributed by atoms with Crippen LogP contribution in [0, 0.1) is 0 Å². The Bertz CT molecular complexity index is 440. The third kappa shape index (κ3) is 3.04. The van der Waals surface area contributed by atoms with E-state index in [1.54, 1.807) is 12.1 Å². The van der Waals surface area contributed by atoms with Gasteiger partial charge in [0.05, 0.1) is 4.90 Å². The summed E-state index contributed by atoms with van der Waals surface area (Å²) >= 11 is 0. The quantitative estimate of drug-likeness (QED) is 0.831. The highest BCUT2D eigenvalue weighted by molar-refractivity contribution is 7.89. The molecule has 16 heavy (non-hydrogen) atoms. The van der Waals surface area contributed by atoms with Gasteiger partial charge in [-0.2, -0.15) is 0 Å². The van der Waals surface area contributed by atoms with Gasteiger partial charge in [0.15, 0.2) is 0 Å². The number of rotatable bonds is 4. The molecule has 0 aliphatic carbocycles. The highest BCUT2D eigenvalue weighted by atomic mass is 32.2. The predicted molar refractivity (Wildman–Crippen MR) is 64.5 cm³/mol. The lowest BCUT2D eigenvalue weighted by Gasteiger charge is -2.18. The number of hydrogen-bond acceptors (Lipinski definition) is 3. The normalized spacial score (nSPS) is 15.8. The minimum absolute atomic E-state index is 0.0836. The molecule has 0 aromatic heterocycles. The molecule has 0 fully saturated rings. The zero-order chi connectivity index (χ0) is 12.3. The Balaban J connectivity index is 2.96. The fraction of sp³-hybridized carbons (Fsp3) is 0.455. The Hall–Kier alpha value is -0.910. The van der Waals surface area contributed by atoms with Gasteiger partial charge in [-0.05, 0) is 30.0 Å². The van der Waals surface area contributed by atoms with Crippen LogP contribution >= 0.6 is 0 Å². The topological polar surface area (TPSA) is 86.2 Å². The van der Waals surface area contributed by atoms with E-state index in [2.05, 4.69) is 0 Å². The second-order valence-corrected chi connectivity index (χ2v) is 5.54. The van der Waals surface area contributed by atoms with E-state index in [0.29, 0.717) is 0 Å². The molecule has 2 atom stereocenters.